The number of anilines is 1. The Morgan fingerprint density at radius 3 is 1.56 bits per heavy atom. The molecule has 3 aromatic rings. The van der Waals surface area contributed by atoms with E-state index in [2.05, 4.69) is 39.1 Å². The molecule has 5 heteroatoms. The molecule has 0 aliphatic carbocycles. The quantitative estimate of drug-likeness (QED) is 0.659. The number of benzene rings is 2. The van der Waals surface area contributed by atoms with Crippen LogP contribution in [0.15, 0.2) is 67.0 Å². The molecule has 0 aliphatic heterocycles. The standard InChI is InChI=1S/C20H21N3O2/c1-24-18-8-4-16(5-9-18)14-23(20-21-12-3-13-22-20)15-17-6-10-19(25-2)11-7-17/h3-13H,14-15H2,1-2H3. The van der Waals surface area contributed by atoms with Crippen LogP contribution < -0.4 is 14.4 Å². The van der Waals surface area contributed by atoms with Gasteiger partial charge >= 0.3 is 0 Å². The Kier molecular flexibility index (Phi) is 5.46. The van der Waals surface area contributed by atoms with Gasteiger partial charge in [0.25, 0.3) is 0 Å². The highest BCUT2D eigenvalue weighted by Crippen LogP contribution is 2.19. The SMILES string of the molecule is COc1ccc(CN(Cc2ccc(OC)cc2)c2ncccn2)cc1. The summed E-state index contributed by atoms with van der Waals surface area (Å²) < 4.78 is 10.5. The molecule has 0 atom stereocenters. The molecule has 0 spiro atoms. The topological polar surface area (TPSA) is 47.5 Å². The van der Waals surface area contributed by atoms with Gasteiger partial charge in [-0.25, -0.2) is 9.97 Å². The molecule has 0 fully saturated rings. The Hall–Kier alpha value is -3.08. The number of hydrogen-bond donors (Lipinski definition) is 0. The van der Waals surface area contributed by atoms with Crippen molar-refractivity contribution in [2.24, 2.45) is 0 Å². The van der Waals surface area contributed by atoms with E-state index < -0.39 is 0 Å². The molecule has 0 unspecified atom stereocenters. The van der Waals surface area contributed by atoms with Crippen LogP contribution in [0.4, 0.5) is 5.95 Å². The average Bonchev–Trinajstić information content (AvgIpc) is 2.69. The first-order valence-corrected chi connectivity index (χ1v) is 8.06. The molecular formula is C20H21N3O2. The van der Waals surface area contributed by atoms with Gasteiger partial charge in [-0.15, -0.1) is 0 Å². The zero-order valence-corrected chi connectivity index (χ0v) is 14.4. The summed E-state index contributed by atoms with van der Waals surface area (Å²) in [5.74, 6) is 2.40. The highest BCUT2D eigenvalue weighted by atomic mass is 16.5. The summed E-state index contributed by atoms with van der Waals surface area (Å²) in [6.07, 6.45) is 3.52. The van der Waals surface area contributed by atoms with Crippen molar-refractivity contribution in [2.45, 2.75) is 13.1 Å². The lowest BCUT2D eigenvalue weighted by molar-refractivity contribution is 0.414. The van der Waals surface area contributed by atoms with E-state index in [0.717, 1.165) is 11.5 Å². The summed E-state index contributed by atoms with van der Waals surface area (Å²) in [6.45, 7) is 1.42. The zero-order chi connectivity index (χ0) is 17.5. The van der Waals surface area contributed by atoms with Crippen molar-refractivity contribution < 1.29 is 9.47 Å². The van der Waals surface area contributed by atoms with Crippen LogP contribution in [0.1, 0.15) is 11.1 Å². The van der Waals surface area contributed by atoms with Gasteiger partial charge in [-0.1, -0.05) is 24.3 Å². The summed E-state index contributed by atoms with van der Waals surface area (Å²) in [5, 5.41) is 0. The number of aromatic nitrogens is 2. The Morgan fingerprint density at radius 2 is 1.16 bits per heavy atom. The fourth-order valence-corrected chi connectivity index (χ4v) is 2.55. The fourth-order valence-electron chi connectivity index (χ4n) is 2.55. The summed E-state index contributed by atoms with van der Waals surface area (Å²) >= 11 is 0. The molecule has 0 saturated heterocycles. The Labute approximate surface area is 147 Å². The first-order valence-electron chi connectivity index (χ1n) is 8.06. The first kappa shape index (κ1) is 16.8. The average molecular weight is 335 g/mol. The minimum atomic E-state index is 0.703. The molecule has 0 amide bonds. The lowest BCUT2D eigenvalue weighted by Gasteiger charge is -2.23. The fraction of sp³-hybridized carbons (Fsp3) is 0.200. The van der Waals surface area contributed by atoms with Crippen molar-refractivity contribution in [3.63, 3.8) is 0 Å². The second-order valence-electron chi connectivity index (χ2n) is 5.60. The van der Waals surface area contributed by atoms with Gasteiger partial charge in [0.2, 0.25) is 5.95 Å². The zero-order valence-electron chi connectivity index (χ0n) is 14.4. The van der Waals surface area contributed by atoms with Crippen LogP contribution in [0.2, 0.25) is 0 Å². The second kappa shape index (κ2) is 8.15. The van der Waals surface area contributed by atoms with Gasteiger partial charge in [0, 0.05) is 25.5 Å². The van der Waals surface area contributed by atoms with E-state index in [1.807, 2.05) is 30.3 Å². The molecule has 5 nitrogen and oxygen atoms in total. The molecule has 3 rings (SSSR count). The van der Waals surface area contributed by atoms with Crippen molar-refractivity contribution in [1.29, 1.82) is 0 Å². The van der Waals surface area contributed by atoms with E-state index in [9.17, 15) is 0 Å². The van der Waals surface area contributed by atoms with Crippen molar-refractivity contribution in [3.05, 3.63) is 78.1 Å². The molecule has 0 N–H and O–H groups in total. The molecular weight excluding hydrogens is 314 g/mol. The maximum absolute atomic E-state index is 5.23. The second-order valence-corrected chi connectivity index (χ2v) is 5.60. The minimum absolute atomic E-state index is 0.703. The third-order valence-corrected chi connectivity index (χ3v) is 3.90. The minimum Gasteiger partial charge on any atom is -0.497 e. The van der Waals surface area contributed by atoms with E-state index >= 15 is 0 Å². The Bertz CT molecular complexity index is 725. The largest absolute Gasteiger partial charge is 0.497 e. The van der Waals surface area contributed by atoms with Crippen LogP contribution in [-0.4, -0.2) is 24.2 Å². The van der Waals surface area contributed by atoms with Gasteiger partial charge in [0.15, 0.2) is 0 Å². The van der Waals surface area contributed by atoms with E-state index in [4.69, 9.17) is 9.47 Å². The van der Waals surface area contributed by atoms with Gasteiger partial charge in [-0.05, 0) is 41.5 Å². The smallest absolute Gasteiger partial charge is 0.225 e. The first-order chi connectivity index (χ1) is 12.3. The van der Waals surface area contributed by atoms with E-state index in [0.29, 0.717) is 19.0 Å². The summed E-state index contributed by atoms with van der Waals surface area (Å²) in [6, 6.07) is 17.9. The maximum Gasteiger partial charge on any atom is 0.225 e. The molecule has 0 bridgehead atoms. The van der Waals surface area contributed by atoms with Gasteiger partial charge in [0.1, 0.15) is 11.5 Å². The normalized spacial score (nSPS) is 10.3. The highest BCUT2D eigenvalue weighted by molar-refractivity contribution is 5.37. The van der Waals surface area contributed by atoms with Gasteiger partial charge in [0.05, 0.1) is 14.2 Å². The molecule has 1 heterocycles. The Morgan fingerprint density at radius 1 is 0.720 bits per heavy atom. The summed E-state index contributed by atoms with van der Waals surface area (Å²) in [4.78, 5) is 11.0. The predicted molar refractivity (Wildman–Crippen MR) is 97.9 cm³/mol. The number of nitrogens with zero attached hydrogens (tertiary/aromatic N) is 3. The Balaban J connectivity index is 1.81. The third-order valence-electron chi connectivity index (χ3n) is 3.90. The van der Waals surface area contributed by atoms with Crippen LogP contribution in [0.3, 0.4) is 0 Å². The number of ether oxygens (including phenoxy) is 2. The molecule has 128 valence electrons. The van der Waals surface area contributed by atoms with E-state index in [1.165, 1.54) is 11.1 Å². The maximum atomic E-state index is 5.23. The van der Waals surface area contributed by atoms with Crippen molar-refractivity contribution >= 4 is 5.95 Å². The van der Waals surface area contributed by atoms with Crippen molar-refractivity contribution in [2.75, 3.05) is 19.1 Å². The van der Waals surface area contributed by atoms with Crippen molar-refractivity contribution in [1.82, 2.24) is 9.97 Å². The van der Waals surface area contributed by atoms with Crippen LogP contribution in [0.25, 0.3) is 0 Å². The molecule has 0 aliphatic rings. The molecule has 1 aromatic heterocycles. The molecule has 0 radical (unpaired) electrons. The van der Waals surface area contributed by atoms with E-state index in [-0.39, 0.29) is 0 Å². The van der Waals surface area contributed by atoms with E-state index in [1.54, 1.807) is 26.6 Å². The third kappa shape index (κ3) is 4.47. The van der Waals surface area contributed by atoms with Crippen LogP contribution in [-0.2, 0) is 13.1 Å². The number of methoxy groups -OCH3 is 2. The van der Waals surface area contributed by atoms with Crippen LogP contribution in [0.5, 0.6) is 11.5 Å². The molecule has 0 saturated carbocycles. The molecule has 2 aromatic carbocycles. The highest BCUT2D eigenvalue weighted by Gasteiger charge is 2.11. The lowest BCUT2D eigenvalue weighted by atomic mass is 10.1. The monoisotopic (exact) mass is 335 g/mol. The van der Waals surface area contributed by atoms with Crippen LogP contribution >= 0.6 is 0 Å². The number of hydrogen-bond acceptors (Lipinski definition) is 5. The summed E-state index contributed by atoms with van der Waals surface area (Å²) in [5.41, 5.74) is 2.34. The van der Waals surface area contributed by atoms with Gasteiger partial charge in [-0.2, -0.15) is 0 Å². The van der Waals surface area contributed by atoms with Gasteiger partial charge in [-0.3, -0.25) is 0 Å². The molecule has 25 heavy (non-hydrogen) atoms. The van der Waals surface area contributed by atoms with Crippen molar-refractivity contribution in [3.8, 4) is 11.5 Å². The predicted octanol–water partition coefficient (Wildman–Crippen LogP) is 3.70. The lowest BCUT2D eigenvalue weighted by Crippen LogP contribution is -2.24. The number of rotatable bonds is 7. The van der Waals surface area contributed by atoms with Gasteiger partial charge < -0.3 is 14.4 Å². The van der Waals surface area contributed by atoms with Crippen LogP contribution in [0, 0.1) is 0 Å². The summed E-state index contributed by atoms with van der Waals surface area (Å²) in [7, 11) is 3.34.